The normalized spacial score (nSPS) is 13.4. The molecule has 1 aliphatic heterocycles. The third-order valence-corrected chi connectivity index (χ3v) is 7.82. The van der Waals surface area contributed by atoms with Crippen LogP contribution in [0.4, 0.5) is 43.3 Å². The van der Waals surface area contributed by atoms with Crippen LogP contribution in [0.25, 0.3) is 11.1 Å². The summed E-state index contributed by atoms with van der Waals surface area (Å²) in [5, 5.41) is 6.13. The predicted molar refractivity (Wildman–Crippen MR) is 179 cm³/mol. The number of ether oxygens (including phenoxy) is 1. The lowest BCUT2D eigenvalue weighted by molar-refractivity contribution is -0.111. The van der Waals surface area contributed by atoms with Gasteiger partial charge in [0.15, 0.2) is 0 Å². The van der Waals surface area contributed by atoms with Crippen LogP contribution in [0, 0.1) is 11.6 Å². The molecule has 0 fully saturated rings. The molecular weight excluding hydrogens is 590 g/mol. The van der Waals surface area contributed by atoms with Gasteiger partial charge in [0.25, 0.3) is 0 Å². The van der Waals surface area contributed by atoms with Crippen LogP contribution in [0.5, 0.6) is 5.75 Å². The summed E-state index contributed by atoms with van der Waals surface area (Å²) in [6.07, 6.45) is 4.35. The van der Waals surface area contributed by atoms with Gasteiger partial charge in [0.05, 0.1) is 41.1 Å². The number of nitrogens with zero attached hydrogens (tertiary/aromatic N) is 6. The van der Waals surface area contributed by atoms with Crippen molar-refractivity contribution in [1.82, 2.24) is 19.9 Å². The zero-order valence-corrected chi connectivity index (χ0v) is 26.9. The second kappa shape index (κ2) is 13.1. The highest BCUT2D eigenvalue weighted by atomic mass is 19.1. The number of fused-ring (bicyclic) bond motifs is 1. The molecule has 12 heteroatoms. The number of aromatic nitrogens is 3. The zero-order valence-electron chi connectivity index (χ0n) is 26.9. The average Bonchev–Trinajstić information content (AvgIpc) is 3.29. The van der Waals surface area contributed by atoms with Crippen LogP contribution in [0.15, 0.2) is 67.5 Å². The van der Waals surface area contributed by atoms with E-state index in [9.17, 15) is 13.6 Å². The maximum Gasteiger partial charge on any atom is 0.247 e. The molecule has 10 nitrogen and oxygen atoms in total. The lowest BCUT2D eigenvalue weighted by atomic mass is 9.91. The lowest BCUT2D eigenvalue weighted by Crippen LogP contribution is -2.29. The number of nitrogens with one attached hydrogen (secondary N) is 2. The minimum atomic E-state index is -0.661. The number of halogens is 2. The van der Waals surface area contributed by atoms with Crippen LogP contribution in [0.3, 0.4) is 0 Å². The van der Waals surface area contributed by atoms with Gasteiger partial charge in [0.2, 0.25) is 11.9 Å². The molecule has 240 valence electrons. The number of hydrogen-bond donors (Lipinski definition) is 2. The third kappa shape index (κ3) is 6.62. The molecule has 0 saturated heterocycles. The summed E-state index contributed by atoms with van der Waals surface area (Å²) in [5.74, 6) is -0.309. The Kier molecular flexibility index (Phi) is 9.19. The van der Waals surface area contributed by atoms with Crippen molar-refractivity contribution in [3.8, 4) is 16.9 Å². The summed E-state index contributed by atoms with van der Waals surface area (Å²) in [5.41, 5.74) is 3.18. The second-order valence-electron chi connectivity index (χ2n) is 12.0. The molecule has 1 aliphatic rings. The van der Waals surface area contributed by atoms with Crippen LogP contribution >= 0.6 is 0 Å². The Balaban J connectivity index is 1.51. The second-order valence-corrected chi connectivity index (χ2v) is 12.0. The van der Waals surface area contributed by atoms with E-state index in [0.717, 1.165) is 17.9 Å². The van der Waals surface area contributed by atoms with Crippen LogP contribution in [-0.4, -0.2) is 73.6 Å². The topological polar surface area (TPSA) is 98.8 Å². The van der Waals surface area contributed by atoms with Crippen molar-refractivity contribution >= 4 is 40.4 Å². The van der Waals surface area contributed by atoms with Gasteiger partial charge in [-0.3, -0.25) is 9.78 Å². The standard InChI is InChI=1S/C34H38F2N8O2/c1-8-30(45)39-24-17-25(28(46-7)18-26(24)43(6)15-14-42(4)5)40-33-37-13-12-29(41-33)44-20-34(2,3)32-27(44)16-21(19-38-32)31-22(35)10-9-11-23(31)36/h8-13,16-19H,1,14-15,20H2,2-7H3,(H,39,45)(H,37,40,41). The number of carbonyl (C=O) groups is 1. The van der Waals surface area contributed by atoms with Crippen molar-refractivity contribution < 1.29 is 18.3 Å². The maximum atomic E-state index is 14.7. The van der Waals surface area contributed by atoms with Crippen molar-refractivity contribution in [2.24, 2.45) is 0 Å². The number of carbonyl (C=O) groups excluding carboxylic acids is 1. The first-order valence-corrected chi connectivity index (χ1v) is 14.8. The van der Waals surface area contributed by atoms with Crippen molar-refractivity contribution in [2.45, 2.75) is 19.3 Å². The fourth-order valence-electron chi connectivity index (χ4n) is 5.44. The highest BCUT2D eigenvalue weighted by Gasteiger charge is 2.38. The summed E-state index contributed by atoms with van der Waals surface area (Å²) in [6, 6.07) is 10.9. The molecule has 0 aliphatic carbocycles. The Bertz CT molecular complexity index is 1760. The first-order chi connectivity index (χ1) is 21.9. The van der Waals surface area contributed by atoms with Gasteiger partial charge in [-0.25, -0.2) is 13.8 Å². The summed E-state index contributed by atoms with van der Waals surface area (Å²) in [7, 11) is 7.50. The summed E-state index contributed by atoms with van der Waals surface area (Å²) < 4.78 is 35.1. The number of likely N-dealkylation sites (N-methyl/N-ethyl adjacent to an activating group) is 2. The van der Waals surface area contributed by atoms with E-state index in [2.05, 4.69) is 45.9 Å². The Morgan fingerprint density at radius 1 is 1.09 bits per heavy atom. The Labute approximate surface area is 267 Å². The van der Waals surface area contributed by atoms with Gasteiger partial charge in [0.1, 0.15) is 23.2 Å². The molecule has 4 aromatic rings. The molecule has 5 rings (SSSR count). The predicted octanol–water partition coefficient (Wildman–Crippen LogP) is 6.12. The van der Waals surface area contributed by atoms with Crippen LogP contribution < -0.4 is 25.2 Å². The number of benzene rings is 2. The molecule has 0 saturated carbocycles. The highest BCUT2D eigenvalue weighted by Crippen LogP contribution is 2.45. The molecule has 0 bridgehead atoms. The molecule has 2 N–H and O–H groups in total. The van der Waals surface area contributed by atoms with E-state index in [1.807, 2.05) is 37.0 Å². The summed E-state index contributed by atoms with van der Waals surface area (Å²) >= 11 is 0. The number of hydrogen-bond acceptors (Lipinski definition) is 9. The first kappa shape index (κ1) is 32.3. The van der Waals surface area contributed by atoms with E-state index in [4.69, 9.17) is 9.72 Å². The van der Waals surface area contributed by atoms with Crippen molar-refractivity contribution in [1.29, 1.82) is 0 Å². The Morgan fingerprint density at radius 3 is 2.50 bits per heavy atom. The fourth-order valence-corrected chi connectivity index (χ4v) is 5.44. The third-order valence-electron chi connectivity index (χ3n) is 7.82. The largest absolute Gasteiger partial charge is 0.494 e. The lowest BCUT2D eigenvalue weighted by Gasteiger charge is -2.26. The zero-order chi connectivity index (χ0) is 33.2. The van der Waals surface area contributed by atoms with Crippen LogP contribution in [-0.2, 0) is 10.2 Å². The van der Waals surface area contributed by atoms with E-state index in [0.29, 0.717) is 47.3 Å². The van der Waals surface area contributed by atoms with Crippen LogP contribution in [0.1, 0.15) is 19.5 Å². The first-order valence-electron chi connectivity index (χ1n) is 14.8. The molecule has 0 radical (unpaired) electrons. The van der Waals surface area contributed by atoms with Gasteiger partial charge in [-0.2, -0.15) is 4.98 Å². The van der Waals surface area contributed by atoms with Gasteiger partial charge >= 0.3 is 0 Å². The van der Waals surface area contributed by atoms with Crippen molar-refractivity contribution in [3.05, 3.63) is 84.8 Å². The minimum Gasteiger partial charge on any atom is -0.494 e. The van der Waals surface area contributed by atoms with Crippen molar-refractivity contribution in [2.75, 3.05) is 68.3 Å². The Hall–Kier alpha value is -5.10. The van der Waals surface area contributed by atoms with E-state index in [1.165, 1.54) is 30.5 Å². The van der Waals surface area contributed by atoms with Gasteiger partial charge in [-0.05, 0) is 50.5 Å². The molecule has 3 heterocycles. The smallest absolute Gasteiger partial charge is 0.247 e. The van der Waals surface area contributed by atoms with Gasteiger partial charge in [0, 0.05) is 56.1 Å². The van der Waals surface area contributed by atoms with Gasteiger partial charge in [-0.1, -0.05) is 26.5 Å². The minimum absolute atomic E-state index is 0.130. The molecule has 0 unspecified atom stereocenters. The molecule has 46 heavy (non-hydrogen) atoms. The van der Waals surface area contributed by atoms with Crippen molar-refractivity contribution in [3.63, 3.8) is 0 Å². The maximum absolute atomic E-state index is 14.7. The van der Waals surface area contributed by atoms with Crippen LogP contribution in [0.2, 0.25) is 0 Å². The number of anilines is 6. The number of amides is 1. The quantitative estimate of drug-likeness (QED) is 0.190. The SMILES string of the molecule is C=CC(=O)Nc1cc(Nc2nccc(N3CC(C)(C)c4ncc(-c5c(F)cccc5F)cc43)n2)c(OC)cc1N(C)CCN(C)C. The number of pyridine rings is 1. The summed E-state index contributed by atoms with van der Waals surface area (Å²) in [4.78, 5) is 32.3. The molecule has 2 aromatic heterocycles. The molecule has 0 spiro atoms. The monoisotopic (exact) mass is 628 g/mol. The van der Waals surface area contributed by atoms with E-state index in [1.54, 1.807) is 31.5 Å². The van der Waals surface area contributed by atoms with E-state index in [-0.39, 0.29) is 22.8 Å². The fraction of sp³-hybridized carbons (Fsp3) is 0.294. The average molecular weight is 629 g/mol. The summed E-state index contributed by atoms with van der Waals surface area (Å²) in [6.45, 7) is 9.74. The molecular formula is C34H38F2N8O2. The highest BCUT2D eigenvalue weighted by molar-refractivity contribution is 6.02. The van der Waals surface area contributed by atoms with Gasteiger partial charge in [-0.15, -0.1) is 0 Å². The number of rotatable bonds is 11. The Morgan fingerprint density at radius 2 is 1.83 bits per heavy atom. The van der Waals surface area contributed by atoms with E-state index >= 15 is 0 Å². The molecule has 1 amide bonds. The number of methoxy groups -OCH3 is 1. The van der Waals surface area contributed by atoms with Gasteiger partial charge < -0.3 is 30.1 Å². The van der Waals surface area contributed by atoms with E-state index < -0.39 is 11.6 Å². The molecule has 2 aromatic carbocycles. The molecule has 0 atom stereocenters.